The van der Waals surface area contributed by atoms with E-state index in [1.54, 1.807) is 6.20 Å². The van der Waals surface area contributed by atoms with E-state index in [2.05, 4.69) is 39.5 Å². The Morgan fingerprint density at radius 3 is 2.94 bits per heavy atom. The highest BCUT2D eigenvalue weighted by atomic mass is 15.1. The lowest BCUT2D eigenvalue weighted by Gasteiger charge is -2.02. The van der Waals surface area contributed by atoms with Crippen molar-refractivity contribution in [1.82, 2.24) is 0 Å². The third-order valence-corrected chi connectivity index (χ3v) is 3.21. The van der Waals surface area contributed by atoms with Gasteiger partial charge in [-0.25, -0.2) is 4.99 Å². The predicted molar refractivity (Wildman–Crippen MR) is 64.0 cm³/mol. The summed E-state index contributed by atoms with van der Waals surface area (Å²) in [4.78, 5) is 4.63. The molecular weight excluding hydrogens is 210 g/mol. The molecule has 0 N–H and O–H groups in total. The second-order valence-electron chi connectivity index (χ2n) is 4.24. The molecule has 0 bridgehead atoms. The third-order valence-electron chi connectivity index (χ3n) is 3.21. The Hall–Kier alpha value is -2.29. The normalized spacial score (nSPS) is 14.4. The fraction of sp³-hybridized carbons (Fsp3) is 0.0714. The van der Waals surface area contributed by atoms with Gasteiger partial charge in [0.2, 0.25) is 0 Å². The van der Waals surface area contributed by atoms with Gasteiger partial charge in [-0.15, -0.1) is 0 Å². The molecule has 3 heteroatoms. The number of benzene rings is 2. The van der Waals surface area contributed by atoms with Crippen molar-refractivity contribution < 1.29 is 0 Å². The molecule has 3 nitrogen and oxygen atoms in total. The van der Waals surface area contributed by atoms with Gasteiger partial charge in [0.25, 0.3) is 0 Å². The monoisotopic (exact) mass is 219 g/mol. The standard InChI is InChI=1S/C14H9N3/c1-2-4-13-11(3-1)12-5-9-7-15-16-8-10(9)6-14(12)17-13/h1-6,8H,7H2. The minimum absolute atomic E-state index is 0.668. The summed E-state index contributed by atoms with van der Waals surface area (Å²) in [5, 5.41) is 12.6. The zero-order chi connectivity index (χ0) is 11.2. The molecule has 0 unspecified atom stereocenters. The van der Waals surface area contributed by atoms with Gasteiger partial charge in [0.05, 0.1) is 23.8 Å². The van der Waals surface area contributed by atoms with Gasteiger partial charge in [0.15, 0.2) is 0 Å². The SMILES string of the molecule is C1=c2cc3c(cc2CN=N1)=c1ccccc1=N3. The first-order valence-electron chi connectivity index (χ1n) is 5.60. The Morgan fingerprint density at radius 2 is 1.94 bits per heavy atom. The van der Waals surface area contributed by atoms with Crippen LogP contribution in [0.1, 0.15) is 5.56 Å². The first kappa shape index (κ1) is 8.82. The first-order valence-corrected chi connectivity index (χ1v) is 5.60. The van der Waals surface area contributed by atoms with E-state index in [0.717, 1.165) is 16.3 Å². The second kappa shape index (κ2) is 3.10. The highest BCUT2D eigenvalue weighted by Crippen LogP contribution is 2.18. The zero-order valence-corrected chi connectivity index (χ0v) is 9.09. The molecule has 2 heterocycles. The van der Waals surface area contributed by atoms with Crippen LogP contribution in [0.15, 0.2) is 51.6 Å². The lowest BCUT2D eigenvalue weighted by atomic mass is 10.1. The van der Waals surface area contributed by atoms with E-state index in [1.807, 2.05) is 12.1 Å². The Bertz CT molecular complexity index is 863. The zero-order valence-electron chi connectivity index (χ0n) is 9.09. The van der Waals surface area contributed by atoms with Crippen LogP contribution in [0, 0.1) is 10.4 Å². The van der Waals surface area contributed by atoms with Crippen molar-refractivity contribution in [2.45, 2.75) is 6.54 Å². The van der Waals surface area contributed by atoms with Crippen molar-refractivity contribution in [3.05, 3.63) is 63.0 Å². The molecule has 80 valence electrons. The number of rotatable bonds is 0. The molecule has 0 aliphatic carbocycles. The smallest absolute Gasteiger partial charge is 0.0860 e. The second-order valence-corrected chi connectivity index (χ2v) is 4.24. The quantitative estimate of drug-likeness (QED) is 0.554. The van der Waals surface area contributed by atoms with Gasteiger partial charge in [0, 0.05) is 15.7 Å². The summed E-state index contributed by atoms with van der Waals surface area (Å²) in [5.41, 5.74) is 2.27. The summed E-state index contributed by atoms with van der Waals surface area (Å²) in [7, 11) is 0. The largest absolute Gasteiger partial charge is 0.248 e. The maximum absolute atomic E-state index is 4.63. The Balaban J connectivity index is 2.24. The third kappa shape index (κ3) is 1.19. The van der Waals surface area contributed by atoms with Crippen LogP contribution >= 0.6 is 0 Å². The van der Waals surface area contributed by atoms with E-state index >= 15 is 0 Å². The van der Waals surface area contributed by atoms with Gasteiger partial charge < -0.3 is 0 Å². The number of hydrogen-bond acceptors (Lipinski definition) is 3. The van der Waals surface area contributed by atoms with Crippen molar-refractivity contribution in [2.24, 2.45) is 15.2 Å². The number of para-hydroxylation sites is 1. The average molecular weight is 219 g/mol. The Kier molecular flexibility index (Phi) is 1.61. The molecular formula is C14H9N3. The van der Waals surface area contributed by atoms with E-state index < -0.39 is 0 Å². The molecule has 4 rings (SSSR count). The number of azo groups is 1. The molecule has 2 aromatic carbocycles. The average Bonchev–Trinajstić information content (AvgIpc) is 2.73. The molecule has 0 amide bonds. The minimum Gasteiger partial charge on any atom is -0.248 e. The molecule has 0 spiro atoms. The van der Waals surface area contributed by atoms with Gasteiger partial charge in [-0.2, -0.15) is 10.2 Å². The van der Waals surface area contributed by atoms with E-state index in [4.69, 9.17) is 0 Å². The molecule has 2 aliphatic heterocycles. The van der Waals surface area contributed by atoms with Gasteiger partial charge in [-0.3, -0.25) is 0 Å². The maximum Gasteiger partial charge on any atom is 0.0860 e. The van der Waals surface area contributed by atoms with Crippen LogP contribution in [-0.2, 0) is 6.54 Å². The van der Waals surface area contributed by atoms with Crippen molar-refractivity contribution >= 4 is 11.9 Å². The minimum atomic E-state index is 0.668. The number of nitrogens with zero attached hydrogens (tertiary/aromatic N) is 3. The van der Waals surface area contributed by atoms with Crippen LogP contribution < -0.4 is 10.6 Å². The van der Waals surface area contributed by atoms with Crippen LogP contribution in [0.25, 0.3) is 6.20 Å². The lowest BCUT2D eigenvalue weighted by Crippen LogP contribution is -2.09. The van der Waals surface area contributed by atoms with Crippen molar-refractivity contribution in [1.29, 1.82) is 0 Å². The van der Waals surface area contributed by atoms with Gasteiger partial charge in [-0.05, 0) is 23.8 Å². The predicted octanol–water partition coefficient (Wildman–Crippen LogP) is 1.94. The van der Waals surface area contributed by atoms with Crippen LogP contribution in [0.2, 0.25) is 0 Å². The number of fused-ring (bicyclic) bond motifs is 3. The van der Waals surface area contributed by atoms with Crippen LogP contribution in [0.4, 0.5) is 5.69 Å². The maximum atomic E-state index is 4.63. The van der Waals surface area contributed by atoms with Crippen LogP contribution in [0.3, 0.4) is 0 Å². The topological polar surface area (TPSA) is 37.1 Å². The van der Waals surface area contributed by atoms with E-state index in [1.165, 1.54) is 16.0 Å². The first-order chi connectivity index (χ1) is 8.42. The Morgan fingerprint density at radius 1 is 1.00 bits per heavy atom. The van der Waals surface area contributed by atoms with Gasteiger partial charge in [-0.1, -0.05) is 18.2 Å². The fourth-order valence-electron chi connectivity index (χ4n) is 2.36. The van der Waals surface area contributed by atoms with E-state index in [0.29, 0.717) is 6.54 Å². The molecule has 2 aromatic rings. The summed E-state index contributed by atoms with van der Waals surface area (Å²) in [5.74, 6) is 0. The van der Waals surface area contributed by atoms with E-state index in [9.17, 15) is 0 Å². The summed E-state index contributed by atoms with van der Waals surface area (Å²) >= 11 is 0. The fourth-order valence-corrected chi connectivity index (χ4v) is 2.36. The number of hydrogen-bond donors (Lipinski definition) is 0. The molecule has 2 aliphatic rings. The van der Waals surface area contributed by atoms with Crippen LogP contribution in [-0.4, -0.2) is 0 Å². The summed E-state index contributed by atoms with van der Waals surface area (Å²) in [6, 6.07) is 12.5. The summed E-state index contributed by atoms with van der Waals surface area (Å²) in [6.45, 7) is 0.668. The lowest BCUT2D eigenvalue weighted by molar-refractivity contribution is 0.937. The highest BCUT2D eigenvalue weighted by molar-refractivity contribution is 5.49. The molecule has 0 fully saturated rings. The molecule has 0 aromatic heterocycles. The molecule has 17 heavy (non-hydrogen) atoms. The van der Waals surface area contributed by atoms with Crippen LogP contribution in [0.5, 0.6) is 0 Å². The van der Waals surface area contributed by atoms with Crippen molar-refractivity contribution in [2.75, 3.05) is 0 Å². The molecule has 0 atom stereocenters. The van der Waals surface area contributed by atoms with Gasteiger partial charge in [0.1, 0.15) is 0 Å². The molecule has 0 saturated heterocycles. The molecule has 0 saturated carbocycles. The van der Waals surface area contributed by atoms with Gasteiger partial charge >= 0.3 is 0 Å². The van der Waals surface area contributed by atoms with Crippen molar-refractivity contribution in [3.8, 4) is 0 Å². The highest BCUT2D eigenvalue weighted by Gasteiger charge is 2.07. The van der Waals surface area contributed by atoms with Crippen molar-refractivity contribution in [3.63, 3.8) is 0 Å². The Labute approximate surface area is 97.2 Å². The van der Waals surface area contributed by atoms with E-state index in [-0.39, 0.29) is 0 Å². The summed E-state index contributed by atoms with van der Waals surface area (Å²) in [6.07, 6.45) is 1.80. The summed E-state index contributed by atoms with van der Waals surface area (Å²) < 4.78 is 0. The molecule has 0 radical (unpaired) electrons.